The third kappa shape index (κ3) is 2.45. The minimum Gasteiger partial charge on any atom is -0.497 e. The van der Waals surface area contributed by atoms with Crippen LogP contribution in [0.25, 0.3) is 0 Å². The second-order valence-electron chi connectivity index (χ2n) is 4.70. The zero-order valence-corrected chi connectivity index (χ0v) is 10.4. The van der Waals surface area contributed by atoms with Crippen molar-refractivity contribution < 1.29 is 14.3 Å². The van der Waals surface area contributed by atoms with Crippen molar-refractivity contribution in [3.63, 3.8) is 0 Å². The molecule has 1 heterocycles. The third-order valence-electron chi connectivity index (χ3n) is 3.10. The highest BCUT2D eigenvalue weighted by molar-refractivity contribution is 5.99. The fourth-order valence-electron chi connectivity index (χ4n) is 1.92. The summed E-state index contributed by atoms with van der Waals surface area (Å²) in [6.07, 6.45) is 0.225. The average molecular weight is 248 g/mol. The maximum absolute atomic E-state index is 12.1. The van der Waals surface area contributed by atoms with Gasteiger partial charge in [-0.2, -0.15) is 0 Å². The molecule has 1 unspecified atom stereocenters. The van der Waals surface area contributed by atoms with Gasteiger partial charge in [0.15, 0.2) is 0 Å². The van der Waals surface area contributed by atoms with Crippen LogP contribution >= 0.6 is 0 Å². The van der Waals surface area contributed by atoms with E-state index in [0.717, 1.165) is 0 Å². The maximum atomic E-state index is 12.1. The largest absolute Gasteiger partial charge is 0.497 e. The van der Waals surface area contributed by atoms with Crippen LogP contribution in [-0.2, 0) is 9.59 Å². The summed E-state index contributed by atoms with van der Waals surface area (Å²) in [7, 11) is 1.57. The van der Waals surface area contributed by atoms with Crippen LogP contribution in [0, 0.1) is 5.41 Å². The number of hydrogen-bond acceptors (Lipinski definition) is 3. The first kappa shape index (κ1) is 12.4. The second kappa shape index (κ2) is 4.68. The van der Waals surface area contributed by atoms with Crippen LogP contribution in [0.5, 0.6) is 5.75 Å². The summed E-state index contributed by atoms with van der Waals surface area (Å²) >= 11 is 0. The molecule has 0 aromatic heterocycles. The van der Waals surface area contributed by atoms with Crippen LogP contribution in [0.4, 0.5) is 5.69 Å². The molecule has 1 aromatic carbocycles. The van der Waals surface area contributed by atoms with Crippen molar-refractivity contribution in [2.75, 3.05) is 19.0 Å². The summed E-state index contributed by atoms with van der Waals surface area (Å²) in [5, 5.41) is 5.48. The number of methoxy groups -OCH3 is 1. The Bertz CT molecular complexity index is 487. The van der Waals surface area contributed by atoms with E-state index in [0.29, 0.717) is 18.0 Å². The van der Waals surface area contributed by atoms with Gasteiger partial charge in [0.05, 0.1) is 12.5 Å². The first-order valence-corrected chi connectivity index (χ1v) is 5.76. The third-order valence-corrected chi connectivity index (χ3v) is 3.10. The smallest absolute Gasteiger partial charge is 0.232 e. The molecule has 1 aromatic rings. The molecule has 18 heavy (non-hydrogen) atoms. The molecular weight excluding hydrogens is 232 g/mol. The van der Waals surface area contributed by atoms with E-state index in [4.69, 9.17) is 4.74 Å². The standard InChI is InChI=1S/C13H16N2O3/c1-13(7-11(16)14-8-13)12(17)15-9-4-3-5-10(6-9)18-2/h3-6H,7-8H2,1-2H3,(H,14,16)(H,15,17). The van der Waals surface area contributed by atoms with Gasteiger partial charge in [-0.25, -0.2) is 0 Å². The lowest BCUT2D eigenvalue weighted by molar-refractivity contribution is -0.126. The zero-order valence-electron chi connectivity index (χ0n) is 10.4. The minimum absolute atomic E-state index is 0.0849. The Hall–Kier alpha value is -2.04. The number of benzene rings is 1. The summed E-state index contributed by atoms with van der Waals surface area (Å²) in [4.78, 5) is 23.3. The van der Waals surface area contributed by atoms with E-state index < -0.39 is 5.41 Å². The highest BCUT2D eigenvalue weighted by Crippen LogP contribution is 2.27. The van der Waals surface area contributed by atoms with Gasteiger partial charge in [0, 0.05) is 24.7 Å². The second-order valence-corrected chi connectivity index (χ2v) is 4.70. The zero-order chi connectivity index (χ0) is 13.2. The van der Waals surface area contributed by atoms with Gasteiger partial charge in [-0.1, -0.05) is 6.07 Å². The van der Waals surface area contributed by atoms with Gasteiger partial charge in [0.2, 0.25) is 11.8 Å². The van der Waals surface area contributed by atoms with Crippen molar-refractivity contribution in [1.29, 1.82) is 0 Å². The van der Waals surface area contributed by atoms with Gasteiger partial charge in [-0.15, -0.1) is 0 Å². The number of nitrogens with one attached hydrogen (secondary N) is 2. The molecule has 2 rings (SSSR count). The molecule has 0 radical (unpaired) electrons. The van der Waals surface area contributed by atoms with E-state index in [-0.39, 0.29) is 18.2 Å². The molecule has 0 aliphatic carbocycles. The van der Waals surface area contributed by atoms with Crippen molar-refractivity contribution in [3.05, 3.63) is 24.3 Å². The average Bonchev–Trinajstić information content (AvgIpc) is 2.71. The summed E-state index contributed by atoms with van der Waals surface area (Å²) in [6.45, 7) is 2.15. The Morgan fingerprint density at radius 3 is 2.89 bits per heavy atom. The molecular formula is C13H16N2O3. The first-order valence-electron chi connectivity index (χ1n) is 5.76. The van der Waals surface area contributed by atoms with Gasteiger partial charge >= 0.3 is 0 Å². The van der Waals surface area contributed by atoms with Crippen molar-refractivity contribution in [2.45, 2.75) is 13.3 Å². The Labute approximate surface area is 106 Å². The highest BCUT2D eigenvalue weighted by Gasteiger charge is 2.40. The minimum atomic E-state index is -0.680. The number of carbonyl (C=O) groups excluding carboxylic acids is 2. The predicted octanol–water partition coefficient (Wildman–Crippen LogP) is 1.16. The predicted molar refractivity (Wildman–Crippen MR) is 67.4 cm³/mol. The van der Waals surface area contributed by atoms with Crippen molar-refractivity contribution in [3.8, 4) is 5.75 Å². The van der Waals surface area contributed by atoms with E-state index in [2.05, 4.69) is 10.6 Å². The van der Waals surface area contributed by atoms with Gasteiger partial charge < -0.3 is 15.4 Å². The van der Waals surface area contributed by atoms with Gasteiger partial charge in [-0.05, 0) is 19.1 Å². The Balaban J connectivity index is 2.09. The molecule has 1 saturated heterocycles. The summed E-state index contributed by atoms with van der Waals surface area (Å²) in [6, 6.07) is 7.13. The van der Waals surface area contributed by atoms with E-state index in [9.17, 15) is 9.59 Å². The highest BCUT2D eigenvalue weighted by atomic mass is 16.5. The van der Waals surface area contributed by atoms with Crippen molar-refractivity contribution in [1.82, 2.24) is 5.32 Å². The van der Waals surface area contributed by atoms with Gasteiger partial charge in [0.25, 0.3) is 0 Å². The van der Waals surface area contributed by atoms with E-state index in [1.165, 1.54) is 0 Å². The van der Waals surface area contributed by atoms with Crippen LogP contribution in [0.15, 0.2) is 24.3 Å². The molecule has 1 atom stereocenters. The molecule has 5 heteroatoms. The summed E-state index contributed by atoms with van der Waals surface area (Å²) in [5.74, 6) is 0.436. The van der Waals surface area contributed by atoms with Gasteiger partial charge in [-0.3, -0.25) is 9.59 Å². The van der Waals surface area contributed by atoms with Crippen molar-refractivity contribution in [2.24, 2.45) is 5.41 Å². The molecule has 1 aliphatic rings. The van der Waals surface area contributed by atoms with Crippen molar-refractivity contribution >= 4 is 17.5 Å². The normalized spacial score (nSPS) is 22.4. The summed E-state index contributed by atoms with van der Waals surface area (Å²) < 4.78 is 5.09. The van der Waals surface area contributed by atoms with E-state index in [1.54, 1.807) is 38.3 Å². The van der Waals surface area contributed by atoms with E-state index >= 15 is 0 Å². The molecule has 5 nitrogen and oxygen atoms in total. The van der Waals surface area contributed by atoms with Crippen LogP contribution in [0.3, 0.4) is 0 Å². The number of amides is 2. The monoisotopic (exact) mass is 248 g/mol. The Morgan fingerprint density at radius 2 is 2.28 bits per heavy atom. The molecule has 1 aliphatic heterocycles. The van der Waals surface area contributed by atoms with Crippen LogP contribution in [0.1, 0.15) is 13.3 Å². The number of carbonyl (C=O) groups is 2. The van der Waals surface area contributed by atoms with E-state index in [1.807, 2.05) is 0 Å². The maximum Gasteiger partial charge on any atom is 0.232 e. The lowest BCUT2D eigenvalue weighted by Crippen LogP contribution is -2.35. The molecule has 96 valence electrons. The van der Waals surface area contributed by atoms with Crippen LogP contribution in [-0.4, -0.2) is 25.5 Å². The number of hydrogen-bond donors (Lipinski definition) is 2. The Morgan fingerprint density at radius 1 is 1.50 bits per heavy atom. The lowest BCUT2D eigenvalue weighted by atomic mass is 9.88. The van der Waals surface area contributed by atoms with Crippen LogP contribution in [0.2, 0.25) is 0 Å². The number of rotatable bonds is 3. The SMILES string of the molecule is COc1cccc(NC(=O)C2(C)CNC(=O)C2)c1. The lowest BCUT2D eigenvalue weighted by Gasteiger charge is -2.20. The fraction of sp³-hybridized carbons (Fsp3) is 0.385. The fourth-order valence-corrected chi connectivity index (χ4v) is 1.92. The quantitative estimate of drug-likeness (QED) is 0.843. The Kier molecular flexibility index (Phi) is 3.23. The molecule has 2 N–H and O–H groups in total. The number of ether oxygens (including phenoxy) is 1. The molecule has 1 fully saturated rings. The molecule has 0 bridgehead atoms. The molecule has 2 amide bonds. The number of anilines is 1. The first-order chi connectivity index (χ1) is 8.53. The molecule has 0 saturated carbocycles. The molecule has 0 spiro atoms. The topological polar surface area (TPSA) is 67.4 Å². The van der Waals surface area contributed by atoms with Crippen LogP contribution < -0.4 is 15.4 Å². The summed E-state index contributed by atoms with van der Waals surface area (Å²) in [5.41, 5.74) is -0.0138. The van der Waals surface area contributed by atoms with Gasteiger partial charge in [0.1, 0.15) is 5.75 Å².